The second-order valence-corrected chi connectivity index (χ2v) is 7.17. The molecule has 3 rings (SSSR count). The summed E-state index contributed by atoms with van der Waals surface area (Å²) in [5.74, 6) is -2.16. The second-order valence-electron chi connectivity index (χ2n) is 6.06. The summed E-state index contributed by atoms with van der Waals surface area (Å²) in [6.07, 6.45) is 1.25. The summed E-state index contributed by atoms with van der Waals surface area (Å²) < 4.78 is 0. The van der Waals surface area contributed by atoms with E-state index in [4.69, 9.17) is 5.73 Å². The monoisotopic (exact) mass is 406 g/mol. The maximum atomic E-state index is 12.5. The van der Waals surface area contributed by atoms with Crippen LogP contribution in [-0.2, 0) is 19.2 Å². The van der Waals surface area contributed by atoms with Gasteiger partial charge in [-0.1, -0.05) is 17.3 Å². The van der Waals surface area contributed by atoms with E-state index in [-0.39, 0.29) is 17.2 Å². The molecule has 3 atom stereocenters. The van der Waals surface area contributed by atoms with Crippen molar-refractivity contribution in [2.75, 3.05) is 12.9 Å². The molecule has 11 heteroatoms. The number of fused-ring (bicyclic) bond motifs is 1. The third-order valence-electron chi connectivity index (χ3n) is 4.32. The van der Waals surface area contributed by atoms with Crippen molar-refractivity contribution in [3.05, 3.63) is 41.1 Å². The number of aromatic hydroxyl groups is 1. The molecule has 0 aliphatic carbocycles. The Bertz CT molecular complexity index is 886. The molecule has 1 unspecified atom stereocenters. The number of phenols is 1. The van der Waals surface area contributed by atoms with Gasteiger partial charge in [0.15, 0.2) is 0 Å². The maximum absolute atomic E-state index is 12.5. The standard InChI is InChI=1S/C17H18N4O6S/c1-27-19-6-9-7-28-16-12(15(24)21(16)13(9)17(25)26)20-14(23)11(18)8-3-2-4-10(22)5-8/h2-6,11-12,16,22H,7,18H2,1H3,(H,20,23)(H,25,26)/t11?,12-,16+/m1/s1. The van der Waals surface area contributed by atoms with Gasteiger partial charge in [-0.05, 0) is 17.7 Å². The number of carboxylic acid groups (broad SMARTS) is 1. The fourth-order valence-electron chi connectivity index (χ4n) is 2.97. The van der Waals surface area contributed by atoms with Crippen LogP contribution in [0.5, 0.6) is 5.75 Å². The number of nitrogens with two attached hydrogens (primary N) is 1. The number of carbonyl (C=O) groups is 3. The molecule has 0 saturated carbocycles. The number of phenolic OH excluding ortho intramolecular Hbond substituents is 1. The lowest BCUT2D eigenvalue weighted by molar-refractivity contribution is -0.150. The quantitative estimate of drug-likeness (QED) is 0.287. The Morgan fingerprint density at radius 3 is 2.89 bits per heavy atom. The van der Waals surface area contributed by atoms with Crippen molar-refractivity contribution in [2.24, 2.45) is 10.9 Å². The number of amides is 2. The normalized spacial score (nSPS) is 22.5. The number of hydrogen-bond donors (Lipinski definition) is 4. The Morgan fingerprint density at radius 1 is 1.50 bits per heavy atom. The number of β-lactam (4-membered cyclic amide) rings is 1. The van der Waals surface area contributed by atoms with Gasteiger partial charge in [-0.25, -0.2) is 4.79 Å². The summed E-state index contributed by atoms with van der Waals surface area (Å²) in [6.45, 7) is 0. The van der Waals surface area contributed by atoms with Gasteiger partial charge in [-0.15, -0.1) is 11.8 Å². The molecule has 148 valence electrons. The van der Waals surface area contributed by atoms with Crippen molar-refractivity contribution in [3.63, 3.8) is 0 Å². The SMILES string of the molecule is CON=CC1=C(C(=O)O)N2C(=O)[C@@H](NC(=O)C(N)c3cccc(O)c3)[C@@H]2SC1. The lowest BCUT2D eigenvalue weighted by atomic mass is 10.0. The number of carboxylic acids is 1. The van der Waals surface area contributed by atoms with Gasteiger partial charge in [0.1, 0.15) is 36.0 Å². The van der Waals surface area contributed by atoms with Gasteiger partial charge in [0.2, 0.25) is 5.91 Å². The number of hydrogen-bond acceptors (Lipinski definition) is 8. The average molecular weight is 406 g/mol. The Hall–Kier alpha value is -3.05. The van der Waals surface area contributed by atoms with E-state index in [2.05, 4.69) is 15.3 Å². The molecule has 1 fully saturated rings. The summed E-state index contributed by atoms with van der Waals surface area (Å²) in [5, 5.41) is 24.6. The number of aliphatic carboxylic acids is 1. The molecule has 0 bridgehead atoms. The van der Waals surface area contributed by atoms with Gasteiger partial charge in [-0.2, -0.15) is 0 Å². The van der Waals surface area contributed by atoms with E-state index >= 15 is 0 Å². The van der Waals surface area contributed by atoms with Crippen LogP contribution in [0, 0.1) is 0 Å². The molecule has 0 aromatic heterocycles. The fraction of sp³-hybridized carbons (Fsp3) is 0.294. The molecule has 1 saturated heterocycles. The largest absolute Gasteiger partial charge is 0.508 e. The van der Waals surface area contributed by atoms with Gasteiger partial charge in [-0.3, -0.25) is 14.5 Å². The lowest BCUT2D eigenvalue weighted by Crippen LogP contribution is -2.71. The van der Waals surface area contributed by atoms with E-state index in [0.29, 0.717) is 11.1 Å². The number of nitrogens with zero attached hydrogens (tertiary/aromatic N) is 2. The Labute approximate surface area is 164 Å². The molecule has 0 spiro atoms. The van der Waals surface area contributed by atoms with Crippen LogP contribution in [-0.4, -0.2) is 63.4 Å². The van der Waals surface area contributed by atoms with E-state index in [9.17, 15) is 24.6 Å². The predicted molar refractivity (Wildman–Crippen MR) is 100 cm³/mol. The van der Waals surface area contributed by atoms with E-state index in [1.165, 1.54) is 37.2 Å². The van der Waals surface area contributed by atoms with Crippen LogP contribution in [0.25, 0.3) is 0 Å². The molecule has 0 radical (unpaired) electrons. The first kappa shape index (κ1) is 19.7. The first-order chi connectivity index (χ1) is 13.3. The lowest BCUT2D eigenvalue weighted by Gasteiger charge is -2.49. The average Bonchev–Trinajstić information content (AvgIpc) is 2.68. The van der Waals surface area contributed by atoms with Crippen molar-refractivity contribution in [1.29, 1.82) is 0 Å². The second kappa shape index (κ2) is 7.90. The predicted octanol–water partition coefficient (Wildman–Crippen LogP) is -0.237. The summed E-state index contributed by atoms with van der Waals surface area (Å²) in [5.41, 5.74) is 6.46. The fourth-order valence-corrected chi connectivity index (χ4v) is 4.27. The van der Waals surface area contributed by atoms with Crippen molar-refractivity contribution in [2.45, 2.75) is 17.5 Å². The summed E-state index contributed by atoms with van der Waals surface area (Å²) in [4.78, 5) is 42.3. The minimum atomic E-state index is -1.27. The highest BCUT2D eigenvalue weighted by molar-refractivity contribution is 8.00. The number of thioether (sulfide) groups is 1. The minimum absolute atomic E-state index is 0.0315. The van der Waals surface area contributed by atoms with Gasteiger partial charge in [0, 0.05) is 11.3 Å². The maximum Gasteiger partial charge on any atom is 0.353 e. The van der Waals surface area contributed by atoms with Crippen LogP contribution in [0.3, 0.4) is 0 Å². The number of oxime groups is 1. The smallest absolute Gasteiger partial charge is 0.353 e. The van der Waals surface area contributed by atoms with Gasteiger partial charge in [0.25, 0.3) is 5.91 Å². The highest BCUT2D eigenvalue weighted by Crippen LogP contribution is 2.40. The number of benzene rings is 1. The number of rotatable bonds is 6. The minimum Gasteiger partial charge on any atom is -0.508 e. The van der Waals surface area contributed by atoms with Crippen molar-refractivity contribution in [1.82, 2.24) is 10.2 Å². The van der Waals surface area contributed by atoms with Crippen LogP contribution in [0.15, 0.2) is 40.7 Å². The van der Waals surface area contributed by atoms with E-state index in [1.54, 1.807) is 12.1 Å². The Morgan fingerprint density at radius 2 is 2.25 bits per heavy atom. The zero-order valence-corrected chi connectivity index (χ0v) is 15.5. The Balaban J connectivity index is 1.75. The molecule has 1 aromatic carbocycles. The van der Waals surface area contributed by atoms with E-state index in [1.807, 2.05) is 0 Å². The van der Waals surface area contributed by atoms with Crippen LogP contribution >= 0.6 is 11.8 Å². The topological polar surface area (TPSA) is 155 Å². The van der Waals surface area contributed by atoms with Crippen molar-refractivity contribution < 1.29 is 29.4 Å². The van der Waals surface area contributed by atoms with Crippen LogP contribution in [0.1, 0.15) is 11.6 Å². The number of carbonyl (C=O) groups excluding carboxylic acids is 2. The highest BCUT2D eigenvalue weighted by Gasteiger charge is 2.54. The molecule has 10 nitrogen and oxygen atoms in total. The van der Waals surface area contributed by atoms with Crippen LogP contribution in [0.4, 0.5) is 0 Å². The first-order valence-electron chi connectivity index (χ1n) is 8.17. The van der Waals surface area contributed by atoms with E-state index in [0.717, 1.165) is 4.90 Å². The van der Waals surface area contributed by atoms with Gasteiger partial charge >= 0.3 is 5.97 Å². The molecule has 28 heavy (non-hydrogen) atoms. The molecule has 2 aliphatic rings. The number of nitrogens with one attached hydrogen (secondary N) is 1. The molecular weight excluding hydrogens is 388 g/mol. The van der Waals surface area contributed by atoms with Gasteiger partial charge in [0.05, 0.1) is 6.21 Å². The Kier molecular flexibility index (Phi) is 5.56. The zero-order chi connectivity index (χ0) is 20.4. The third-order valence-corrected chi connectivity index (χ3v) is 5.63. The summed E-state index contributed by atoms with van der Waals surface area (Å²) in [6, 6.07) is 3.97. The van der Waals surface area contributed by atoms with Crippen LogP contribution in [0.2, 0.25) is 0 Å². The molecular formula is C17H18N4O6S. The third kappa shape index (κ3) is 3.53. The van der Waals surface area contributed by atoms with Crippen molar-refractivity contribution in [3.8, 4) is 5.75 Å². The van der Waals surface area contributed by atoms with Crippen LogP contribution < -0.4 is 11.1 Å². The molecule has 2 amide bonds. The highest BCUT2D eigenvalue weighted by atomic mass is 32.2. The van der Waals surface area contributed by atoms with E-state index < -0.39 is 35.2 Å². The molecule has 5 N–H and O–H groups in total. The zero-order valence-electron chi connectivity index (χ0n) is 14.7. The molecule has 1 aromatic rings. The summed E-state index contributed by atoms with van der Waals surface area (Å²) >= 11 is 1.30. The molecule has 2 heterocycles. The summed E-state index contributed by atoms with van der Waals surface area (Å²) in [7, 11) is 1.33. The first-order valence-corrected chi connectivity index (χ1v) is 9.22. The molecule has 2 aliphatic heterocycles. The van der Waals surface area contributed by atoms with Crippen molar-refractivity contribution >= 4 is 35.8 Å². The van der Waals surface area contributed by atoms with Gasteiger partial charge < -0.3 is 26.1 Å².